The van der Waals surface area contributed by atoms with Gasteiger partial charge in [0.1, 0.15) is 0 Å². The van der Waals surface area contributed by atoms with Crippen molar-refractivity contribution in [3.63, 3.8) is 0 Å². The van der Waals surface area contributed by atoms with Crippen LogP contribution in [-0.4, -0.2) is 15.3 Å². The first kappa shape index (κ1) is 15.7. The van der Waals surface area contributed by atoms with Gasteiger partial charge < -0.3 is 0 Å². The van der Waals surface area contributed by atoms with Crippen molar-refractivity contribution in [3.05, 3.63) is 75.5 Å². The lowest BCUT2D eigenvalue weighted by Gasteiger charge is -2.04. The van der Waals surface area contributed by atoms with Gasteiger partial charge in [-0.2, -0.15) is 0 Å². The number of hydrogen-bond acceptors (Lipinski definition) is 3. The van der Waals surface area contributed by atoms with Gasteiger partial charge in [-0.25, -0.2) is 4.98 Å². The molecule has 0 atom stereocenters. The molecular weight excluding hydrogens is 328 g/mol. The highest BCUT2D eigenvalue weighted by molar-refractivity contribution is 7.12. The molecule has 0 radical (unpaired) electrons. The van der Waals surface area contributed by atoms with Crippen LogP contribution in [0, 0.1) is 13.8 Å². The van der Waals surface area contributed by atoms with E-state index in [2.05, 4.69) is 9.55 Å². The van der Waals surface area contributed by atoms with Gasteiger partial charge >= 0.3 is 0 Å². The first-order valence-corrected chi connectivity index (χ1v) is 8.39. The Balaban J connectivity index is 1.91. The van der Waals surface area contributed by atoms with Crippen molar-refractivity contribution in [2.45, 2.75) is 13.8 Å². The summed E-state index contributed by atoms with van der Waals surface area (Å²) in [5.74, 6) is -0.102. The number of halogens is 1. The molecule has 3 aromatic rings. The zero-order chi connectivity index (χ0) is 16.4. The maximum Gasteiger partial charge on any atom is 0.193 e. The highest BCUT2D eigenvalue weighted by Crippen LogP contribution is 2.23. The van der Waals surface area contributed by atoms with Crippen LogP contribution in [0.2, 0.25) is 5.02 Å². The van der Waals surface area contributed by atoms with Crippen LogP contribution in [0.15, 0.2) is 48.0 Å². The molecule has 5 heteroatoms. The van der Waals surface area contributed by atoms with E-state index in [0.717, 1.165) is 22.1 Å². The van der Waals surface area contributed by atoms with E-state index in [1.54, 1.807) is 41.8 Å². The zero-order valence-corrected chi connectivity index (χ0v) is 14.4. The van der Waals surface area contributed by atoms with Crippen LogP contribution < -0.4 is 0 Å². The van der Waals surface area contributed by atoms with Crippen LogP contribution in [0.4, 0.5) is 0 Å². The minimum atomic E-state index is -0.102. The fraction of sp³-hybridized carbons (Fsp3) is 0.111. The van der Waals surface area contributed by atoms with Gasteiger partial charge in [0.05, 0.1) is 5.02 Å². The smallest absolute Gasteiger partial charge is 0.193 e. The second kappa shape index (κ2) is 6.52. The zero-order valence-electron chi connectivity index (χ0n) is 12.8. The van der Waals surface area contributed by atoms with Gasteiger partial charge in [0, 0.05) is 28.5 Å². The lowest BCUT2D eigenvalue weighted by atomic mass is 10.1. The van der Waals surface area contributed by atoms with Gasteiger partial charge in [-0.1, -0.05) is 23.7 Å². The predicted molar refractivity (Wildman–Crippen MR) is 95.7 cm³/mol. The third kappa shape index (κ3) is 3.14. The normalized spacial score (nSPS) is 11.3. The number of nitrogens with zero attached hydrogens (tertiary/aromatic N) is 2. The Morgan fingerprint density at radius 2 is 2.09 bits per heavy atom. The Morgan fingerprint density at radius 3 is 2.78 bits per heavy atom. The van der Waals surface area contributed by atoms with Crippen LogP contribution >= 0.6 is 22.9 Å². The van der Waals surface area contributed by atoms with E-state index < -0.39 is 0 Å². The molecule has 2 heterocycles. The number of thiazole rings is 1. The average Bonchev–Trinajstić information content (AvgIpc) is 3.13. The molecule has 23 heavy (non-hydrogen) atoms. The Kier molecular flexibility index (Phi) is 4.46. The van der Waals surface area contributed by atoms with E-state index in [-0.39, 0.29) is 5.78 Å². The van der Waals surface area contributed by atoms with E-state index in [1.165, 1.54) is 0 Å². The minimum absolute atomic E-state index is 0.102. The molecule has 2 aromatic heterocycles. The fourth-order valence-electron chi connectivity index (χ4n) is 2.49. The Labute approximate surface area is 143 Å². The largest absolute Gasteiger partial charge is 0.294 e. The maximum absolute atomic E-state index is 12.3. The van der Waals surface area contributed by atoms with E-state index in [9.17, 15) is 4.79 Å². The van der Waals surface area contributed by atoms with E-state index in [0.29, 0.717) is 10.6 Å². The minimum Gasteiger partial charge on any atom is -0.294 e. The van der Waals surface area contributed by atoms with E-state index >= 15 is 0 Å². The molecule has 0 aliphatic carbocycles. The number of ketones is 1. The molecule has 3 nitrogen and oxygen atoms in total. The molecule has 0 bridgehead atoms. The number of carbonyl (C=O) groups excluding carboxylic acids is 1. The molecule has 0 aliphatic heterocycles. The molecular formula is C18H15ClN2OS. The van der Waals surface area contributed by atoms with Gasteiger partial charge in [0.2, 0.25) is 0 Å². The number of allylic oxidation sites excluding steroid dienone is 1. The number of carbonyl (C=O) groups is 1. The first-order valence-electron chi connectivity index (χ1n) is 7.13. The molecule has 0 aliphatic rings. The van der Waals surface area contributed by atoms with Gasteiger partial charge in [0.25, 0.3) is 0 Å². The van der Waals surface area contributed by atoms with E-state index in [4.69, 9.17) is 11.6 Å². The lowest BCUT2D eigenvalue weighted by molar-refractivity contribution is 0.104. The molecule has 0 fully saturated rings. The van der Waals surface area contributed by atoms with Crippen LogP contribution in [0.5, 0.6) is 0 Å². The molecule has 0 N–H and O–H groups in total. The standard InChI is InChI=1S/C18H15ClN2OS/c1-12-11-14(13(2)21(12)18-20-9-10-23-18)7-8-17(22)15-5-3-4-6-16(15)19/h3-11H,1-2H3/b8-7+. The van der Waals surface area contributed by atoms with E-state index in [1.807, 2.05) is 37.4 Å². The summed E-state index contributed by atoms with van der Waals surface area (Å²) < 4.78 is 2.09. The van der Waals surface area contributed by atoms with Gasteiger partial charge in [-0.15, -0.1) is 11.3 Å². The van der Waals surface area contributed by atoms with Crippen molar-refractivity contribution in [1.82, 2.24) is 9.55 Å². The number of hydrogen-bond donors (Lipinski definition) is 0. The number of aryl methyl sites for hydroxylation is 1. The molecule has 0 unspecified atom stereocenters. The first-order chi connectivity index (χ1) is 11.1. The highest BCUT2D eigenvalue weighted by atomic mass is 35.5. The molecule has 1 aromatic carbocycles. The van der Waals surface area contributed by atoms with Crippen LogP contribution in [0.25, 0.3) is 11.2 Å². The fourth-order valence-corrected chi connectivity index (χ4v) is 3.47. The summed E-state index contributed by atoms with van der Waals surface area (Å²) in [6, 6.07) is 9.11. The van der Waals surface area contributed by atoms with Gasteiger partial charge in [-0.05, 0) is 49.8 Å². The summed E-state index contributed by atoms with van der Waals surface area (Å²) >= 11 is 7.65. The summed E-state index contributed by atoms with van der Waals surface area (Å²) in [4.78, 5) is 16.6. The Morgan fingerprint density at radius 1 is 1.30 bits per heavy atom. The number of rotatable bonds is 4. The van der Waals surface area contributed by atoms with Crippen molar-refractivity contribution >= 4 is 34.8 Å². The van der Waals surface area contributed by atoms with Gasteiger partial charge in [0.15, 0.2) is 10.9 Å². The second-order valence-corrected chi connectivity index (χ2v) is 6.43. The molecule has 0 spiro atoms. The second-order valence-electron chi connectivity index (χ2n) is 5.15. The van der Waals surface area contributed by atoms with Crippen molar-refractivity contribution in [2.75, 3.05) is 0 Å². The van der Waals surface area contributed by atoms with Crippen LogP contribution in [0.3, 0.4) is 0 Å². The summed E-state index contributed by atoms with van der Waals surface area (Å²) in [6.07, 6.45) is 5.18. The highest BCUT2D eigenvalue weighted by Gasteiger charge is 2.11. The predicted octanol–water partition coefficient (Wildman–Crippen LogP) is 5.10. The summed E-state index contributed by atoms with van der Waals surface area (Å²) in [6.45, 7) is 4.05. The quantitative estimate of drug-likeness (QED) is 0.488. The third-order valence-electron chi connectivity index (χ3n) is 3.63. The summed E-state index contributed by atoms with van der Waals surface area (Å²) in [7, 11) is 0. The molecule has 3 rings (SSSR count). The number of benzene rings is 1. The Bertz CT molecular complexity index is 879. The summed E-state index contributed by atoms with van der Waals surface area (Å²) in [5, 5.41) is 3.34. The van der Waals surface area contributed by atoms with Gasteiger partial charge in [-0.3, -0.25) is 9.36 Å². The molecule has 0 saturated heterocycles. The molecule has 0 saturated carbocycles. The monoisotopic (exact) mass is 342 g/mol. The lowest BCUT2D eigenvalue weighted by Crippen LogP contribution is -1.98. The Hall–Kier alpha value is -2.17. The topological polar surface area (TPSA) is 34.9 Å². The molecule has 116 valence electrons. The van der Waals surface area contributed by atoms with Crippen LogP contribution in [-0.2, 0) is 0 Å². The van der Waals surface area contributed by atoms with Crippen molar-refractivity contribution in [3.8, 4) is 5.13 Å². The third-order valence-corrected chi connectivity index (χ3v) is 4.72. The number of aromatic nitrogens is 2. The van der Waals surface area contributed by atoms with Crippen molar-refractivity contribution < 1.29 is 4.79 Å². The average molecular weight is 343 g/mol. The van der Waals surface area contributed by atoms with Crippen molar-refractivity contribution in [2.24, 2.45) is 0 Å². The van der Waals surface area contributed by atoms with Crippen molar-refractivity contribution in [1.29, 1.82) is 0 Å². The summed E-state index contributed by atoms with van der Waals surface area (Å²) in [5.41, 5.74) is 3.65. The van der Waals surface area contributed by atoms with Crippen LogP contribution in [0.1, 0.15) is 27.3 Å². The SMILES string of the molecule is Cc1cc(/C=C/C(=O)c2ccccc2Cl)c(C)n1-c1nccs1. The molecule has 0 amide bonds. The maximum atomic E-state index is 12.3.